The van der Waals surface area contributed by atoms with Gasteiger partial charge in [-0.2, -0.15) is 0 Å². The number of barbiturate groups is 1. The predicted molar refractivity (Wildman–Crippen MR) is 182 cm³/mol. The number of carbonyl (C=O) groups excluding carboxylic acids is 3. The third-order valence-electron chi connectivity index (χ3n) is 7.45. The highest BCUT2D eigenvalue weighted by Gasteiger charge is 2.36. The average molecular weight is 668 g/mol. The van der Waals surface area contributed by atoms with E-state index in [0.717, 1.165) is 26.8 Å². The lowest BCUT2D eigenvalue weighted by Gasteiger charge is -2.26. The van der Waals surface area contributed by atoms with E-state index < -0.39 is 17.8 Å². The Hall–Kier alpha value is -5.31. The Kier molecular flexibility index (Phi) is 9.42. The molecule has 4 amide bonds. The standard InChI is InChI=1S/C37H28Cl2N2O6/c1-2-45-34-19-23(10-17-33(34)47-21-25-8-5-7-24-6-3-4-9-30(24)25)18-31-35(42)40-37(44)41(36(31)43)28-13-15-29(16-14-28)46-22-26-11-12-27(38)20-32(26)39/h3-20H,2,21-22H2,1H3,(H,40,42,44)/b31-18+. The number of urea groups is 1. The highest BCUT2D eigenvalue weighted by atomic mass is 35.5. The Labute approximate surface area is 281 Å². The summed E-state index contributed by atoms with van der Waals surface area (Å²) in [7, 11) is 0. The number of fused-ring (bicyclic) bond motifs is 1. The van der Waals surface area contributed by atoms with Crippen molar-refractivity contribution in [1.29, 1.82) is 0 Å². The predicted octanol–water partition coefficient (Wildman–Crippen LogP) is 8.37. The zero-order valence-electron chi connectivity index (χ0n) is 25.2. The maximum atomic E-state index is 13.5. The Morgan fingerprint density at radius 3 is 2.30 bits per heavy atom. The van der Waals surface area contributed by atoms with E-state index in [9.17, 15) is 14.4 Å². The van der Waals surface area contributed by atoms with E-state index in [1.807, 2.05) is 31.2 Å². The number of nitrogens with one attached hydrogen (secondary N) is 1. The van der Waals surface area contributed by atoms with E-state index in [-0.39, 0.29) is 17.9 Å². The summed E-state index contributed by atoms with van der Waals surface area (Å²) in [5, 5.41) is 5.46. The summed E-state index contributed by atoms with van der Waals surface area (Å²) in [5.74, 6) is -0.115. The van der Waals surface area contributed by atoms with Crippen molar-refractivity contribution < 1.29 is 28.6 Å². The quantitative estimate of drug-likeness (QED) is 0.119. The van der Waals surface area contributed by atoms with Crippen molar-refractivity contribution in [2.75, 3.05) is 11.5 Å². The van der Waals surface area contributed by atoms with Crippen molar-refractivity contribution in [3.63, 3.8) is 0 Å². The van der Waals surface area contributed by atoms with Gasteiger partial charge in [0.05, 0.1) is 12.3 Å². The number of nitrogens with zero attached hydrogens (tertiary/aromatic N) is 1. The maximum absolute atomic E-state index is 13.5. The van der Waals surface area contributed by atoms with E-state index in [0.29, 0.717) is 46.1 Å². The number of amides is 4. The van der Waals surface area contributed by atoms with E-state index in [4.69, 9.17) is 37.4 Å². The first-order valence-corrected chi connectivity index (χ1v) is 15.5. The van der Waals surface area contributed by atoms with Crippen molar-refractivity contribution in [2.45, 2.75) is 20.1 Å². The number of imide groups is 2. The molecule has 0 atom stereocenters. The summed E-state index contributed by atoms with van der Waals surface area (Å²) >= 11 is 12.2. The van der Waals surface area contributed by atoms with Gasteiger partial charge >= 0.3 is 6.03 Å². The molecule has 0 bridgehead atoms. The Balaban J connectivity index is 1.19. The zero-order valence-corrected chi connectivity index (χ0v) is 26.7. The lowest BCUT2D eigenvalue weighted by atomic mass is 10.1. The first-order valence-electron chi connectivity index (χ1n) is 14.7. The van der Waals surface area contributed by atoms with Crippen molar-refractivity contribution in [3.8, 4) is 17.2 Å². The minimum Gasteiger partial charge on any atom is -0.490 e. The summed E-state index contributed by atoms with van der Waals surface area (Å²) < 4.78 is 17.8. The number of carbonyl (C=O) groups is 3. The van der Waals surface area contributed by atoms with Crippen molar-refractivity contribution in [2.24, 2.45) is 0 Å². The lowest BCUT2D eigenvalue weighted by molar-refractivity contribution is -0.122. The maximum Gasteiger partial charge on any atom is 0.335 e. The van der Waals surface area contributed by atoms with Gasteiger partial charge in [-0.15, -0.1) is 0 Å². The van der Waals surface area contributed by atoms with Crippen LogP contribution in [0.15, 0.2) is 109 Å². The first-order chi connectivity index (χ1) is 22.8. The minimum atomic E-state index is -0.856. The molecule has 1 heterocycles. The molecule has 0 spiro atoms. The third kappa shape index (κ3) is 7.09. The fraction of sp³-hybridized carbons (Fsp3) is 0.108. The van der Waals surface area contributed by atoms with E-state index in [2.05, 4.69) is 23.5 Å². The fourth-order valence-electron chi connectivity index (χ4n) is 5.13. The SMILES string of the molecule is CCOc1cc(/C=C2\C(=O)NC(=O)N(c3ccc(OCc4ccc(Cl)cc4Cl)cc3)C2=O)ccc1OCc1cccc2ccccc12. The number of ether oxygens (including phenoxy) is 3. The monoisotopic (exact) mass is 666 g/mol. The summed E-state index contributed by atoms with van der Waals surface area (Å²) in [5.41, 5.74) is 2.33. The van der Waals surface area contributed by atoms with Crippen LogP contribution in [0.1, 0.15) is 23.6 Å². The van der Waals surface area contributed by atoms with Gasteiger partial charge in [0.2, 0.25) is 0 Å². The van der Waals surface area contributed by atoms with E-state index in [1.165, 1.54) is 6.08 Å². The van der Waals surface area contributed by atoms with Crippen molar-refractivity contribution >= 4 is 63.6 Å². The molecule has 236 valence electrons. The van der Waals surface area contributed by atoms with Crippen LogP contribution in [-0.2, 0) is 22.8 Å². The van der Waals surface area contributed by atoms with Gasteiger partial charge in [0.25, 0.3) is 11.8 Å². The smallest absolute Gasteiger partial charge is 0.335 e. The van der Waals surface area contributed by atoms with Crippen molar-refractivity contribution in [3.05, 3.63) is 135 Å². The van der Waals surface area contributed by atoms with Gasteiger partial charge in [-0.1, -0.05) is 77.8 Å². The van der Waals surface area contributed by atoms with Crippen LogP contribution in [0.25, 0.3) is 16.8 Å². The molecule has 1 N–H and O–H groups in total. The molecule has 5 aromatic rings. The third-order valence-corrected chi connectivity index (χ3v) is 8.03. The normalized spacial score (nSPS) is 14.0. The molecule has 1 aliphatic heterocycles. The molecule has 0 unspecified atom stereocenters. The Morgan fingerprint density at radius 1 is 0.745 bits per heavy atom. The first kappa shape index (κ1) is 31.7. The van der Waals surface area contributed by atoms with E-state index >= 15 is 0 Å². The number of anilines is 1. The molecular weight excluding hydrogens is 639 g/mol. The second-order valence-electron chi connectivity index (χ2n) is 10.5. The molecule has 1 saturated heterocycles. The van der Waals surface area contributed by atoms with Crippen LogP contribution in [0.2, 0.25) is 10.0 Å². The lowest BCUT2D eigenvalue weighted by Crippen LogP contribution is -2.54. The molecule has 0 radical (unpaired) electrons. The zero-order chi connectivity index (χ0) is 32.9. The van der Waals surface area contributed by atoms with Gasteiger partial charge in [0.1, 0.15) is 24.5 Å². The number of hydrogen-bond donors (Lipinski definition) is 1. The van der Waals surface area contributed by atoms with Crippen LogP contribution >= 0.6 is 23.2 Å². The summed E-state index contributed by atoms with van der Waals surface area (Å²) in [4.78, 5) is 40.0. The minimum absolute atomic E-state index is 0.191. The van der Waals surface area contributed by atoms with Crippen LogP contribution in [0.4, 0.5) is 10.5 Å². The number of rotatable bonds is 10. The molecule has 0 saturated carbocycles. The topological polar surface area (TPSA) is 94.2 Å². The highest BCUT2D eigenvalue weighted by molar-refractivity contribution is 6.39. The van der Waals surface area contributed by atoms with Crippen molar-refractivity contribution in [1.82, 2.24) is 5.32 Å². The number of halogens is 2. The van der Waals surface area contributed by atoms with E-state index in [1.54, 1.807) is 60.7 Å². The van der Waals surface area contributed by atoms with Crippen LogP contribution < -0.4 is 24.4 Å². The van der Waals surface area contributed by atoms with Gasteiger partial charge in [-0.3, -0.25) is 14.9 Å². The Bertz CT molecular complexity index is 2020. The Morgan fingerprint density at radius 2 is 1.51 bits per heavy atom. The van der Waals surface area contributed by atoms with Crippen LogP contribution in [0.5, 0.6) is 17.2 Å². The molecule has 5 aromatic carbocycles. The van der Waals surface area contributed by atoms with Crippen LogP contribution in [0, 0.1) is 0 Å². The fourth-order valence-corrected chi connectivity index (χ4v) is 5.59. The highest BCUT2D eigenvalue weighted by Crippen LogP contribution is 2.32. The molecule has 0 aliphatic carbocycles. The number of hydrogen-bond acceptors (Lipinski definition) is 6. The second-order valence-corrected chi connectivity index (χ2v) is 11.4. The van der Waals surface area contributed by atoms with Crippen LogP contribution in [0.3, 0.4) is 0 Å². The van der Waals surface area contributed by atoms with Crippen LogP contribution in [-0.4, -0.2) is 24.5 Å². The summed E-state index contributed by atoms with van der Waals surface area (Å²) in [6, 6.07) is 29.9. The van der Waals surface area contributed by atoms with Gasteiger partial charge in [0, 0.05) is 15.6 Å². The average Bonchev–Trinajstić information content (AvgIpc) is 3.06. The molecule has 1 fully saturated rings. The number of benzene rings is 5. The molecule has 0 aromatic heterocycles. The molecular formula is C37H28Cl2N2O6. The van der Waals surface area contributed by atoms with Gasteiger partial charge in [0.15, 0.2) is 11.5 Å². The molecule has 10 heteroatoms. The summed E-state index contributed by atoms with van der Waals surface area (Å²) in [6.45, 7) is 2.73. The van der Waals surface area contributed by atoms with Gasteiger partial charge in [-0.25, -0.2) is 9.69 Å². The molecule has 6 rings (SSSR count). The van der Waals surface area contributed by atoms with Gasteiger partial charge in [-0.05, 0) is 83.4 Å². The second kappa shape index (κ2) is 14.0. The molecule has 8 nitrogen and oxygen atoms in total. The largest absolute Gasteiger partial charge is 0.490 e. The summed E-state index contributed by atoms with van der Waals surface area (Å²) in [6.07, 6.45) is 1.42. The van der Waals surface area contributed by atoms with Gasteiger partial charge < -0.3 is 14.2 Å². The molecule has 1 aliphatic rings. The molecule has 47 heavy (non-hydrogen) atoms.